The Kier molecular flexibility index (Phi) is 4.57. The topological polar surface area (TPSA) is 59.6 Å². The highest BCUT2D eigenvalue weighted by Crippen LogP contribution is 2.20. The Morgan fingerprint density at radius 3 is 2.59 bits per heavy atom. The van der Waals surface area contributed by atoms with Crippen LogP contribution in [0.5, 0.6) is 0 Å². The van der Waals surface area contributed by atoms with Gasteiger partial charge in [-0.15, -0.1) is 0 Å². The second-order valence-electron chi connectivity index (χ2n) is 4.93. The van der Waals surface area contributed by atoms with Crippen LogP contribution in [0.2, 0.25) is 0 Å². The first-order valence-electron chi connectivity index (χ1n) is 5.68. The average Bonchev–Trinajstić information content (AvgIpc) is 2.29. The molecular formula is C12H20N2O3. The molecular weight excluding hydrogens is 220 g/mol. The number of amides is 1. The zero-order valence-electron chi connectivity index (χ0n) is 10.7. The maximum atomic E-state index is 11.7. The van der Waals surface area contributed by atoms with Crippen molar-refractivity contribution in [2.24, 2.45) is 5.41 Å². The van der Waals surface area contributed by atoms with Gasteiger partial charge < -0.3 is 9.47 Å². The van der Waals surface area contributed by atoms with Gasteiger partial charge in [-0.05, 0) is 11.8 Å². The lowest BCUT2D eigenvalue weighted by molar-refractivity contribution is -0.121. The molecule has 0 aliphatic carbocycles. The molecule has 2 N–H and O–H groups in total. The summed E-state index contributed by atoms with van der Waals surface area (Å²) in [4.78, 5) is 11.7. The van der Waals surface area contributed by atoms with Crippen molar-refractivity contribution in [1.82, 2.24) is 10.9 Å². The number of nitrogens with one attached hydrogen (secondary N) is 2. The van der Waals surface area contributed by atoms with E-state index in [0.717, 1.165) is 6.42 Å². The molecule has 0 fully saturated rings. The molecule has 0 saturated carbocycles. The highest BCUT2D eigenvalue weighted by Gasteiger charge is 2.23. The van der Waals surface area contributed by atoms with Crippen LogP contribution in [-0.2, 0) is 14.3 Å². The van der Waals surface area contributed by atoms with Gasteiger partial charge in [0.1, 0.15) is 18.8 Å². The number of hydrazine groups is 1. The monoisotopic (exact) mass is 240 g/mol. The van der Waals surface area contributed by atoms with E-state index in [1.54, 1.807) is 0 Å². The van der Waals surface area contributed by atoms with Crippen molar-refractivity contribution in [3.8, 4) is 0 Å². The van der Waals surface area contributed by atoms with Gasteiger partial charge >= 0.3 is 5.91 Å². The maximum absolute atomic E-state index is 11.7. The molecule has 1 aliphatic rings. The largest absolute Gasteiger partial charge is 0.465 e. The first-order valence-corrected chi connectivity index (χ1v) is 5.68. The summed E-state index contributed by atoms with van der Waals surface area (Å²) in [5.41, 5.74) is 5.69. The molecule has 0 bridgehead atoms. The number of hydrogen-bond donors (Lipinski definition) is 2. The van der Waals surface area contributed by atoms with Crippen LogP contribution in [0.3, 0.4) is 0 Å². The number of carbonyl (C=O) groups is 1. The molecule has 1 unspecified atom stereocenters. The Morgan fingerprint density at radius 2 is 2.12 bits per heavy atom. The van der Waals surface area contributed by atoms with Crippen LogP contribution in [0, 0.1) is 5.41 Å². The number of carbonyl (C=O) groups excluding carboxylic acids is 1. The molecule has 17 heavy (non-hydrogen) atoms. The first-order chi connectivity index (χ1) is 7.95. The number of hydrogen-bond acceptors (Lipinski definition) is 4. The Hall–Kier alpha value is -1.49. The van der Waals surface area contributed by atoms with Crippen LogP contribution in [0.4, 0.5) is 0 Å². The summed E-state index contributed by atoms with van der Waals surface area (Å²) in [5.74, 6) is -0.221. The molecule has 5 heteroatoms. The predicted octanol–water partition coefficient (Wildman–Crippen LogP) is 1.79. The molecule has 1 heterocycles. The molecule has 0 aromatic rings. The fourth-order valence-corrected chi connectivity index (χ4v) is 1.51. The second-order valence-corrected chi connectivity index (χ2v) is 4.93. The van der Waals surface area contributed by atoms with Crippen LogP contribution in [0.25, 0.3) is 0 Å². The van der Waals surface area contributed by atoms with Crippen LogP contribution in [0.15, 0.2) is 24.5 Å². The van der Waals surface area contributed by atoms with Crippen LogP contribution < -0.4 is 10.9 Å². The average molecular weight is 240 g/mol. The van der Waals surface area contributed by atoms with Crippen molar-refractivity contribution < 1.29 is 14.3 Å². The van der Waals surface area contributed by atoms with Gasteiger partial charge in [0.05, 0.1) is 0 Å². The van der Waals surface area contributed by atoms with E-state index in [4.69, 9.17) is 9.47 Å². The second kappa shape index (κ2) is 5.72. The quantitative estimate of drug-likeness (QED) is 0.735. The minimum atomic E-state index is -0.350. The van der Waals surface area contributed by atoms with E-state index < -0.39 is 0 Å². The number of ether oxygens (including phenoxy) is 2. The molecule has 1 amide bonds. The van der Waals surface area contributed by atoms with Gasteiger partial charge in [0.15, 0.2) is 0 Å². The summed E-state index contributed by atoms with van der Waals surface area (Å²) in [5, 5.41) is 0. The lowest BCUT2D eigenvalue weighted by atomic mass is 9.86. The van der Waals surface area contributed by atoms with Gasteiger partial charge in [-0.2, -0.15) is 0 Å². The zero-order chi connectivity index (χ0) is 12.9. The van der Waals surface area contributed by atoms with Crippen molar-refractivity contribution >= 4 is 5.91 Å². The lowest BCUT2D eigenvalue weighted by Crippen LogP contribution is -2.50. The van der Waals surface area contributed by atoms with E-state index in [1.165, 1.54) is 18.8 Å². The fraction of sp³-hybridized carbons (Fsp3) is 0.583. The third kappa shape index (κ3) is 4.11. The standard InChI is InChI=1S/C12H20N2O3/c1-5-10(12(2,3)4)13-14-11(15)9-8-16-6-7-17-9/h6-8,10,13H,5H2,1-4H3,(H,14,15). The number of rotatable bonds is 4. The van der Waals surface area contributed by atoms with Crippen molar-refractivity contribution in [3.63, 3.8) is 0 Å². The van der Waals surface area contributed by atoms with Gasteiger partial charge in [0.25, 0.3) is 0 Å². The van der Waals surface area contributed by atoms with Gasteiger partial charge in [-0.25, -0.2) is 5.43 Å². The normalized spacial score (nSPS) is 16.6. The summed E-state index contributed by atoms with van der Waals surface area (Å²) in [7, 11) is 0. The van der Waals surface area contributed by atoms with E-state index in [-0.39, 0.29) is 23.1 Å². The van der Waals surface area contributed by atoms with Crippen molar-refractivity contribution in [2.75, 3.05) is 0 Å². The minimum absolute atomic E-state index is 0.0697. The van der Waals surface area contributed by atoms with E-state index in [2.05, 4.69) is 38.5 Å². The van der Waals surface area contributed by atoms with Gasteiger partial charge in [0.2, 0.25) is 5.76 Å². The highest BCUT2D eigenvalue weighted by molar-refractivity contribution is 5.90. The van der Waals surface area contributed by atoms with Crippen LogP contribution >= 0.6 is 0 Å². The first kappa shape index (κ1) is 13.6. The van der Waals surface area contributed by atoms with Crippen LogP contribution in [-0.4, -0.2) is 11.9 Å². The minimum Gasteiger partial charge on any atom is -0.465 e. The smallest absolute Gasteiger partial charge is 0.304 e. The summed E-state index contributed by atoms with van der Waals surface area (Å²) in [6, 6.07) is 0.187. The summed E-state index contributed by atoms with van der Waals surface area (Å²) in [6.45, 7) is 8.41. The van der Waals surface area contributed by atoms with Crippen molar-refractivity contribution in [2.45, 2.75) is 40.2 Å². The maximum Gasteiger partial charge on any atom is 0.304 e. The van der Waals surface area contributed by atoms with Gasteiger partial charge in [-0.3, -0.25) is 10.2 Å². The molecule has 1 aliphatic heterocycles. The highest BCUT2D eigenvalue weighted by atomic mass is 16.5. The van der Waals surface area contributed by atoms with Gasteiger partial charge in [0, 0.05) is 6.04 Å². The molecule has 0 aromatic carbocycles. The molecule has 0 aromatic heterocycles. The molecule has 0 spiro atoms. The fourth-order valence-electron chi connectivity index (χ4n) is 1.51. The van der Waals surface area contributed by atoms with Gasteiger partial charge in [-0.1, -0.05) is 27.7 Å². The Bertz CT molecular complexity index is 329. The van der Waals surface area contributed by atoms with Crippen molar-refractivity contribution in [3.05, 3.63) is 24.5 Å². The lowest BCUT2D eigenvalue weighted by Gasteiger charge is -2.30. The Labute approximate surface area is 102 Å². The van der Waals surface area contributed by atoms with E-state index >= 15 is 0 Å². The summed E-state index contributed by atoms with van der Waals surface area (Å²) in [6.07, 6.45) is 4.85. The van der Waals surface area contributed by atoms with E-state index in [9.17, 15) is 4.79 Å². The third-order valence-corrected chi connectivity index (χ3v) is 2.54. The molecule has 0 saturated heterocycles. The van der Waals surface area contributed by atoms with E-state index in [0.29, 0.717) is 0 Å². The molecule has 5 nitrogen and oxygen atoms in total. The SMILES string of the molecule is CCC(NNC(=O)C1=COC=CO1)C(C)(C)C. The Balaban J connectivity index is 2.44. The molecule has 0 radical (unpaired) electrons. The molecule has 1 atom stereocenters. The summed E-state index contributed by atoms with van der Waals surface area (Å²) < 4.78 is 9.84. The molecule has 96 valence electrons. The predicted molar refractivity (Wildman–Crippen MR) is 64.2 cm³/mol. The summed E-state index contributed by atoms with van der Waals surface area (Å²) >= 11 is 0. The molecule has 1 rings (SSSR count). The van der Waals surface area contributed by atoms with E-state index in [1.807, 2.05) is 0 Å². The van der Waals surface area contributed by atoms with Crippen molar-refractivity contribution in [1.29, 1.82) is 0 Å². The Morgan fingerprint density at radius 1 is 1.41 bits per heavy atom. The zero-order valence-corrected chi connectivity index (χ0v) is 10.7. The third-order valence-electron chi connectivity index (χ3n) is 2.54. The van der Waals surface area contributed by atoms with Crippen LogP contribution in [0.1, 0.15) is 34.1 Å².